The van der Waals surface area contributed by atoms with E-state index in [0.717, 1.165) is 19.0 Å². The minimum absolute atomic E-state index is 0.228. The summed E-state index contributed by atoms with van der Waals surface area (Å²) >= 11 is 0. The Morgan fingerprint density at radius 1 is 1.28 bits per heavy atom. The Hall–Kier alpha value is -0.860. The molecule has 1 aromatic rings. The second kappa shape index (κ2) is 5.85. The summed E-state index contributed by atoms with van der Waals surface area (Å²) in [4.78, 5) is 2.61. The molecule has 2 rings (SSSR count). The first-order valence-corrected chi connectivity index (χ1v) is 7.25. The van der Waals surface area contributed by atoms with Gasteiger partial charge in [-0.2, -0.15) is 0 Å². The number of benzene rings is 1. The number of aryl methyl sites for hydroxylation is 1. The molecule has 0 bridgehead atoms. The van der Waals surface area contributed by atoms with Crippen molar-refractivity contribution >= 4 is 0 Å². The summed E-state index contributed by atoms with van der Waals surface area (Å²) in [6.45, 7) is 7.74. The van der Waals surface area contributed by atoms with Gasteiger partial charge in [0.2, 0.25) is 0 Å². The van der Waals surface area contributed by atoms with Gasteiger partial charge in [0.15, 0.2) is 0 Å². The minimum atomic E-state index is 0.228. The number of nitrogens with zero attached hydrogens (tertiary/aromatic N) is 1. The molecule has 1 aliphatic carbocycles. The molecule has 2 N–H and O–H groups in total. The summed E-state index contributed by atoms with van der Waals surface area (Å²) in [6.07, 6.45) is 3.71. The van der Waals surface area contributed by atoms with E-state index in [4.69, 9.17) is 5.73 Å². The third-order valence-corrected chi connectivity index (χ3v) is 4.12. The molecule has 1 saturated carbocycles. The van der Waals surface area contributed by atoms with E-state index in [-0.39, 0.29) is 6.04 Å². The van der Waals surface area contributed by atoms with Gasteiger partial charge in [0.05, 0.1) is 6.04 Å². The lowest BCUT2D eigenvalue weighted by Gasteiger charge is -2.36. The molecule has 0 radical (unpaired) electrons. The van der Waals surface area contributed by atoms with Crippen molar-refractivity contribution in [3.05, 3.63) is 35.4 Å². The van der Waals surface area contributed by atoms with E-state index < -0.39 is 0 Å². The predicted molar refractivity (Wildman–Crippen MR) is 77.6 cm³/mol. The maximum atomic E-state index is 6.42. The maximum absolute atomic E-state index is 6.42. The van der Waals surface area contributed by atoms with E-state index in [1.165, 1.54) is 24.0 Å². The molecule has 2 unspecified atom stereocenters. The molecule has 0 heterocycles. The van der Waals surface area contributed by atoms with Gasteiger partial charge in [0.1, 0.15) is 0 Å². The van der Waals surface area contributed by atoms with Gasteiger partial charge in [-0.25, -0.2) is 0 Å². The molecule has 1 fully saturated rings. The van der Waals surface area contributed by atoms with Crippen LogP contribution >= 0.6 is 0 Å². The molecule has 2 heteroatoms. The summed E-state index contributed by atoms with van der Waals surface area (Å²) in [6, 6.07) is 10.1. The molecule has 1 aliphatic rings. The van der Waals surface area contributed by atoms with Gasteiger partial charge in [-0.15, -0.1) is 0 Å². The fourth-order valence-corrected chi connectivity index (χ4v) is 2.89. The van der Waals surface area contributed by atoms with Gasteiger partial charge in [-0.3, -0.25) is 4.90 Å². The van der Waals surface area contributed by atoms with Gasteiger partial charge in [-0.1, -0.05) is 38.1 Å². The molecule has 18 heavy (non-hydrogen) atoms. The second-order valence-corrected chi connectivity index (χ2v) is 5.44. The summed E-state index contributed by atoms with van der Waals surface area (Å²) in [5.41, 5.74) is 9.20. The van der Waals surface area contributed by atoms with E-state index in [1.807, 2.05) is 0 Å². The zero-order valence-electron chi connectivity index (χ0n) is 11.9. The smallest absolute Gasteiger partial charge is 0.0504 e. The number of nitrogens with two attached hydrogens (primary N) is 1. The fraction of sp³-hybridized carbons (Fsp3) is 0.625. The Bertz CT molecular complexity index is 384. The van der Waals surface area contributed by atoms with E-state index in [2.05, 4.69) is 49.9 Å². The van der Waals surface area contributed by atoms with Crippen molar-refractivity contribution < 1.29 is 0 Å². The van der Waals surface area contributed by atoms with Crippen LogP contribution in [-0.2, 0) is 0 Å². The van der Waals surface area contributed by atoms with Crippen LogP contribution in [0.5, 0.6) is 0 Å². The number of hydrogen-bond donors (Lipinski definition) is 1. The van der Waals surface area contributed by atoms with Crippen LogP contribution in [0.2, 0.25) is 0 Å². The van der Waals surface area contributed by atoms with Crippen molar-refractivity contribution in [2.75, 3.05) is 6.54 Å². The molecular formula is C16H26N2. The molecule has 0 amide bonds. The zero-order chi connectivity index (χ0) is 13.1. The summed E-state index contributed by atoms with van der Waals surface area (Å²) in [7, 11) is 0. The number of rotatable bonds is 6. The van der Waals surface area contributed by atoms with E-state index in [0.29, 0.717) is 6.04 Å². The summed E-state index contributed by atoms with van der Waals surface area (Å²) in [5.74, 6) is 0. The van der Waals surface area contributed by atoms with Gasteiger partial charge < -0.3 is 5.73 Å². The zero-order valence-corrected chi connectivity index (χ0v) is 11.9. The van der Waals surface area contributed by atoms with E-state index >= 15 is 0 Å². The molecule has 100 valence electrons. The number of hydrogen-bond acceptors (Lipinski definition) is 2. The highest BCUT2D eigenvalue weighted by molar-refractivity contribution is 5.30. The third kappa shape index (κ3) is 2.76. The monoisotopic (exact) mass is 246 g/mol. The van der Waals surface area contributed by atoms with Crippen LogP contribution in [0, 0.1) is 6.92 Å². The molecular weight excluding hydrogens is 220 g/mol. The molecule has 0 saturated heterocycles. The maximum Gasteiger partial charge on any atom is 0.0504 e. The van der Waals surface area contributed by atoms with Crippen molar-refractivity contribution in [2.45, 2.75) is 58.2 Å². The van der Waals surface area contributed by atoms with Crippen LogP contribution in [0.25, 0.3) is 0 Å². The second-order valence-electron chi connectivity index (χ2n) is 5.44. The average molecular weight is 246 g/mol. The topological polar surface area (TPSA) is 29.3 Å². The van der Waals surface area contributed by atoms with Crippen molar-refractivity contribution in [1.29, 1.82) is 0 Å². The van der Waals surface area contributed by atoms with Gasteiger partial charge >= 0.3 is 0 Å². The van der Waals surface area contributed by atoms with Crippen molar-refractivity contribution in [3.8, 4) is 0 Å². The highest BCUT2D eigenvalue weighted by Gasteiger charge is 2.36. The fourth-order valence-electron chi connectivity index (χ4n) is 2.89. The third-order valence-electron chi connectivity index (χ3n) is 4.12. The molecule has 0 aromatic heterocycles. The van der Waals surface area contributed by atoms with E-state index in [1.54, 1.807) is 0 Å². The molecule has 0 spiro atoms. The van der Waals surface area contributed by atoms with Crippen molar-refractivity contribution in [3.63, 3.8) is 0 Å². The minimum Gasteiger partial charge on any atom is -0.326 e. The Labute approximate surface area is 111 Å². The molecule has 0 aliphatic heterocycles. The predicted octanol–water partition coefficient (Wildman–Crippen LogP) is 3.26. The van der Waals surface area contributed by atoms with Crippen molar-refractivity contribution in [2.24, 2.45) is 5.73 Å². The summed E-state index contributed by atoms with van der Waals surface area (Å²) in [5, 5.41) is 0. The van der Waals surface area contributed by atoms with Crippen LogP contribution < -0.4 is 5.73 Å². The summed E-state index contributed by atoms with van der Waals surface area (Å²) < 4.78 is 0. The molecule has 1 aromatic carbocycles. The van der Waals surface area contributed by atoms with Crippen molar-refractivity contribution in [1.82, 2.24) is 4.90 Å². The molecule has 2 atom stereocenters. The Morgan fingerprint density at radius 3 is 2.44 bits per heavy atom. The lowest BCUT2D eigenvalue weighted by Crippen LogP contribution is -2.42. The quantitative estimate of drug-likeness (QED) is 0.835. The first-order chi connectivity index (χ1) is 8.69. The van der Waals surface area contributed by atoms with Crippen LogP contribution in [0.1, 0.15) is 50.3 Å². The lowest BCUT2D eigenvalue weighted by atomic mass is 9.92. The Balaban J connectivity index is 2.32. The average Bonchev–Trinajstić information content (AvgIpc) is 3.20. The lowest BCUT2D eigenvalue weighted by molar-refractivity contribution is 0.167. The van der Waals surface area contributed by atoms with Gasteiger partial charge in [-0.05, 0) is 43.9 Å². The normalized spacial score (nSPS) is 18.9. The van der Waals surface area contributed by atoms with Crippen LogP contribution in [0.4, 0.5) is 0 Å². The first kappa shape index (κ1) is 13.6. The first-order valence-electron chi connectivity index (χ1n) is 7.25. The molecule has 2 nitrogen and oxygen atoms in total. The van der Waals surface area contributed by atoms with Crippen LogP contribution in [0.3, 0.4) is 0 Å². The van der Waals surface area contributed by atoms with Gasteiger partial charge in [0, 0.05) is 12.1 Å². The number of likely N-dealkylation sites (N-methyl/N-ethyl adjacent to an activating group) is 1. The van der Waals surface area contributed by atoms with Gasteiger partial charge in [0.25, 0.3) is 0 Å². The van der Waals surface area contributed by atoms with Crippen LogP contribution in [-0.4, -0.2) is 23.5 Å². The van der Waals surface area contributed by atoms with E-state index in [9.17, 15) is 0 Å². The largest absolute Gasteiger partial charge is 0.326 e. The Kier molecular flexibility index (Phi) is 4.41. The standard InChI is InChI=1S/C16H26N2/c1-4-15(17)16(18(5-2)13-10-11-13)14-9-7-6-8-12(14)3/h6-9,13,15-16H,4-5,10-11,17H2,1-3H3. The highest BCUT2D eigenvalue weighted by atomic mass is 15.2. The Morgan fingerprint density at radius 2 is 1.94 bits per heavy atom. The SMILES string of the molecule is CCC(N)C(c1ccccc1C)N(CC)C1CC1. The highest BCUT2D eigenvalue weighted by Crippen LogP contribution is 2.36. The van der Waals surface area contributed by atoms with Crippen LogP contribution in [0.15, 0.2) is 24.3 Å².